The van der Waals surface area contributed by atoms with Gasteiger partial charge in [0.15, 0.2) is 11.6 Å². The Morgan fingerprint density at radius 2 is 1.95 bits per heavy atom. The zero-order valence-corrected chi connectivity index (χ0v) is 11.5. The van der Waals surface area contributed by atoms with Crippen molar-refractivity contribution in [2.45, 2.75) is 20.3 Å². The Bertz CT molecular complexity index is 522. The molecule has 0 aliphatic carbocycles. The predicted molar refractivity (Wildman–Crippen MR) is 72.1 cm³/mol. The molecule has 0 saturated carbocycles. The van der Waals surface area contributed by atoms with Crippen LogP contribution in [0, 0.1) is 23.0 Å². The summed E-state index contributed by atoms with van der Waals surface area (Å²) in [5, 5.41) is 11.2. The van der Waals surface area contributed by atoms with Gasteiger partial charge >= 0.3 is 0 Å². The second-order valence-corrected chi connectivity index (χ2v) is 4.14. The summed E-state index contributed by atoms with van der Waals surface area (Å²) in [4.78, 5) is 13.4. The van der Waals surface area contributed by atoms with Crippen molar-refractivity contribution in [1.82, 2.24) is 4.90 Å². The second kappa shape index (κ2) is 7.43. The van der Waals surface area contributed by atoms with Gasteiger partial charge in [0.1, 0.15) is 6.07 Å². The Balaban J connectivity index is 2.62. The Morgan fingerprint density at radius 3 is 2.50 bits per heavy atom. The molecule has 108 valence electrons. The van der Waals surface area contributed by atoms with Crippen molar-refractivity contribution in [2.75, 3.05) is 25.0 Å². The molecule has 6 heteroatoms. The highest BCUT2D eigenvalue weighted by Gasteiger charge is 2.14. The van der Waals surface area contributed by atoms with Crippen LogP contribution in [-0.2, 0) is 4.79 Å². The first-order valence-corrected chi connectivity index (χ1v) is 6.44. The molecule has 0 radical (unpaired) electrons. The van der Waals surface area contributed by atoms with Crippen LogP contribution in [0.15, 0.2) is 12.1 Å². The summed E-state index contributed by atoms with van der Waals surface area (Å²) in [6.07, 6.45) is 0.197. The lowest BCUT2D eigenvalue weighted by Gasteiger charge is -2.18. The molecular weight excluding hydrogens is 264 g/mol. The van der Waals surface area contributed by atoms with Gasteiger partial charge < -0.3 is 10.2 Å². The first-order valence-electron chi connectivity index (χ1n) is 6.44. The van der Waals surface area contributed by atoms with Crippen LogP contribution in [0.25, 0.3) is 0 Å². The molecule has 0 unspecified atom stereocenters. The molecule has 0 bridgehead atoms. The molecule has 0 spiro atoms. The van der Waals surface area contributed by atoms with Crippen LogP contribution < -0.4 is 5.32 Å². The van der Waals surface area contributed by atoms with E-state index in [2.05, 4.69) is 5.32 Å². The molecule has 20 heavy (non-hydrogen) atoms. The summed E-state index contributed by atoms with van der Waals surface area (Å²) in [6, 6.07) is 4.06. The highest BCUT2D eigenvalue weighted by atomic mass is 19.2. The number of nitrogens with zero attached hydrogens (tertiary/aromatic N) is 2. The van der Waals surface area contributed by atoms with E-state index in [-0.39, 0.29) is 30.1 Å². The molecule has 1 amide bonds. The quantitative estimate of drug-likeness (QED) is 0.871. The second-order valence-electron chi connectivity index (χ2n) is 4.14. The van der Waals surface area contributed by atoms with Gasteiger partial charge in [-0.3, -0.25) is 4.79 Å². The van der Waals surface area contributed by atoms with Gasteiger partial charge in [0.25, 0.3) is 0 Å². The lowest BCUT2D eigenvalue weighted by molar-refractivity contribution is -0.130. The van der Waals surface area contributed by atoms with Crippen molar-refractivity contribution in [1.29, 1.82) is 5.26 Å². The number of nitriles is 1. The third-order valence-corrected chi connectivity index (χ3v) is 2.97. The van der Waals surface area contributed by atoms with Gasteiger partial charge in [-0.1, -0.05) is 0 Å². The monoisotopic (exact) mass is 281 g/mol. The highest BCUT2D eigenvalue weighted by molar-refractivity contribution is 5.76. The number of halogens is 2. The van der Waals surface area contributed by atoms with Crippen molar-refractivity contribution in [3.05, 3.63) is 29.3 Å². The van der Waals surface area contributed by atoms with Crippen LogP contribution >= 0.6 is 0 Å². The first kappa shape index (κ1) is 15.9. The normalized spacial score (nSPS) is 9.95. The van der Waals surface area contributed by atoms with Gasteiger partial charge in [-0.25, -0.2) is 8.78 Å². The van der Waals surface area contributed by atoms with E-state index in [4.69, 9.17) is 5.26 Å². The number of carbonyl (C=O) groups excluding carboxylic acids is 1. The molecule has 0 aromatic heterocycles. The summed E-state index contributed by atoms with van der Waals surface area (Å²) in [5.41, 5.74) is -0.388. The summed E-state index contributed by atoms with van der Waals surface area (Å²) in [5.74, 6) is -2.32. The largest absolute Gasteiger partial charge is 0.382 e. The average molecular weight is 281 g/mol. The van der Waals surface area contributed by atoms with Gasteiger partial charge in [0.2, 0.25) is 5.91 Å². The van der Waals surface area contributed by atoms with E-state index in [1.54, 1.807) is 11.0 Å². The zero-order valence-electron chi connectivity index (χ0n) is 11.5. The van der Waals surface area contributed by atoms with Gasteiger partial charge in [0, 0.05) is 26.1 Å². The molecule has 1 aromatic carbocycles. The van der Waals surface area contributed by atoms with Crippen molar-refractivity contribution >= 4 is 11.6 Å². The minimum Gasteiger partial charge on any atom is -0.382 e. The number of amides is 1. The predicted octanol–water partition coefficient (Wildman–Crippen LogP) is 2.51. The van der Waals surface area contributed by atoms with Gasteiger partial charge in [-0.2, -0.15) is 5.26 Å². The molecule has 0 aliphatic heterocycles. The molecular formula is C14H17F2N3O. The molecule has 0 atom stereocenters. The van der Waals surface area contributed by atoms with Crippen LogP contribution in [0.3, 0.4) is 0 Å². The Labute approximate surface area is 117 Å². The maximum atomic E-state index is 13.6. The van der Waals surface area contributed by atoms with E-state index in [1.807, 2.05) is 13.8 Å². The Kier molecular flexibility index (Phi) is 5.91. The van der Waals surface area contributed by atoms with Crippen LogP contribution in [0.5, 0.6) is 0 Å². The molecule has 4 nitrogen and oxygen atoms in total. The van der Waals surface area contributed by atoms with Crippen LogP contribution in [0.4, 0.5) is 14.5 Å². The topological polar surface area (TPSA) is 56.1 Å². The van der Waals surface area contributed by atoms with Crippen molar-refractivity contribution in [3.8, 4) is 6.07 Å². The fourth-order valence-corrected chi connectivity index (χ4v) is 1.81. The summed E-state index contributed by atoms with van der Waals surface area (Å²) < 4.78 is 27.0. The lowest BCUT2D eigenvalue weighted by Crippen LogP contribution is -2.31. The molecule has 0 fully saturated rings. The Morgan fingerprint density at radius 1 is 1.30 bits per heavy atom. The number of nitrogens with one attached hydrogen (secondary N) is 1. The minimum absolute atomic E-state index is 0.0444. The number of carbonyl (C=O) groups is 1. The molecule has 0 heterocycles. The molecule has 1 rings (SSSR count). The zero-order chi connectivity index (χ0) is 15.1. The van der Waals surface area contributed by atoms with Crippen LogP contribution in [-0.4, -0.2) is 30.4 Å². The molecule has 1 N–H and O–H groups in total. The maximum absolute atomic E-state index is 13.6. The summed E-state index contributed by atoms with van der Waals surface area (Å²) in [6.45, 7) is 5.21. The van der Waals surface area contributed by atoms with Crippen molar-refractivity contribution < 1.29 is 13.6 Å². The van der Waals surface area contributed by atoms with Gasteiger partial charge in [-0.05, 0) is 26.0 Å². The average Bonchev–Trinajstić information content (AvgIpc) is 2.45. The van der Waals surface area contributed by atoms with Gasteiger partial charge in [0.05, 0.1) is 11.3 Å². The minimum atomic E-state index is -1.17. The number of hydrogen-bond donors (Lipinski definition) is 1. The maximum Gasteiger partial charge on any atom is 0.224 e. The summed E-state index contributed by atoms with van der Waals surface area (Å²) in [7, 11) is 0. The van der Waals surface area contributed by atoms with Crippen LogP contribution in [0.1, 0.15) is 25.8 Å². The number of benzene rings is 1. The first-order chi connectivity index (χ1) is 9.54. The number of hydrogen-bond acceptors (Lipinski definition) is 3. The summed E-state index contributed by atoms with van der Waals surface area (Å²) >= 11 is 0. The number of anilines is 1. The van der Waals surface area contributed by atoms with Gasteiger partial charge in [-0.15, -0.1) is 0 Å². The van der Waals surface area contributed by atoms with Crippen molar-refractivity contribution in [2.24, 2.45) is 0 Å². The van der Waals surface area contributed by atoms with Crippen molar-refractivity contribution in [3.63, 3.8) is 0 Å². The van der Waals surface area contributed by atoms with E-state index in [0.29, 0.717) is 13.1 Å². The fourth-order valence-electron chi connectivity index (χ4n) is 1.81. The SMILES string of the molecule is CCN(CC)C(=O)CCNc1ccc(C#N)c(F)c1F. The van der Waals surface area contributed by atoms with Crippen LogP contribution in [0.2, 0.25) is 0 Å². The third-order valence-electron chi connectivity index (χ3n) is 2.97. The van der Waals surface area contributed by atoms with E-state index in [1.165, 1.54) is 12.1 Å². The fraction of sp³-hybridized carbons (Fsp3) is 0.429. The molecule has 0 saturated heterocycles. The Hall–Kier alpha value is -2.16. The highest BCUT2D eigenvalue weighted by Crippen LogP contribution is 2.20. The molecule has 0 aliphatic rings. The lowest BCUT2D eigenvalue weighted by atomic mass is 10.2. The molecule has 1 aromatic rings. The smallest absolute Gasteiger partial charge is 0.224 e. The van der Waals surface area contributed by atoms with E-state index in [9.17, 15) is 13.6 Å². The van der Waals surface area contributed by atoms with E-state index >= 15 is 0 Å². The van der Waals surface area contributed by atoms with E-state index < -0.39 is 11.6 Å². The number of rotatable bonds is 6. The van der Waals surface area contributed by atoms with E-state index in [0.717, 1.165) is 0 Å². The third kappa shape index (κ3) is 3.67. The standard InChI is InChI=1S/C14H17F2N3O/c1-3-19(4-2)12(20)7-8-18-11-6-5-10(9-17)13(15)14(11)16/h5-6,18H,3-4,7-8H2,1-2H3.